The van der Waals surface area contributed by atoms with Crippen LogP contribution in [-0.2, 0) is 32.6 Å². The smallest absolute Gasteiger partial charge is 0.673 e. The third-order valence-corrected chi connectivity index (χ3v) is 5.99. The van der Waals surface area contributed by atoms with Crippen molar-refractivity contribution in [2.75, 3.05) is 0 Å². The van der Waals surface area contributed by atoms with Crippen molar-refractivity contribution in [3.63, 3.8) is 0 Å². The molecule has 0 spiro atoms. The van der Waals surface area contributed by atoms with Crippen molar-refractivity contribution in [2.45, 2.75) is 53.5 Å². The summed E-state index contributed by atoms with van der Waals surface area (Å²) in [6.45, 7) is 11.8. The molecule has 0 saturated heterocycles. The molecule has 5 heteroatoms. The Morgan fingerprint density at radius 2 is 1.08 bits per heavy atom. The van der Waals surface area contributed by atoms with Crippen molar-refractivity contribution in [2.24, 2.45) is 0 Å². The largest absolute Gasteiger partial charge is 3.00 e. The van der Waals surface area contributed by atoms with Crippen LogP contribution in [0.3, 0.4) is 0 Å². The van der Waals surface area contributed by atoms with Crippen molar-refractivity contribution in [3.05, 3.63) is 132 Å². The summed E-state index contributed by atoms with van der Waals surface area (Å²) in [5.74, 6) is 1.42. The first-order valence-corrected chi connectivity index (χ1v) is 13.3. The molecular weight excluding hydrogens is 601 g/mol. The van der Waals surface area contributed by atoms with Crippen molar-refractivity contribution >= 4 is 44.7 Å². The van der Waals surface area contributed by atoms with E-state index in [-0.39, 0.29) is 66.1 Å². The molecule has 0 fully saturated rings. The molecule has 200 valence electrons. The maximum Gasteiger partial charge on any atom is 3.00 e. The first kappa shape index (κ1) is 38.7. The summed E-state index contributed by atoms with van der Waals surface area (Å²) in [4.78, 5) is 0. The average molecular weight is 642 g/mol. The second-order valence-electron chi connectivity index (χ2n) is 10.1. The zero-order valence-electron chi connectivity index (χ0n) is 23.4. The molecule has 0 heterocycles. The van der Waals surface area contributed by atoms with Gasteiger partial charge in [0.15, 0.2) is 0 Å². The molecule has 0 atom stereocenters. The van der Waals surface area contributed by atoms with E-state index in [4.69, 9.17) is 5.73 Å². The summed E-state index contributed by atoms with van der Waals surface area (Å²) in [6.07, 6.45) is 1.05. The second kappa shape index (κ2) is 20.4. The molecule has 0 amide bonds. The van der Waals surface area contributed by atoms with Gasteiger partial charge in [-0.3, -0.25) is 0 Å². The SMILES string of the molecule is CC(C)(C)[NH-].C[C-](C)C.Cl.Cl.[Zr+3].[c-]1cccc2c1Cc1ccccc1-2.c1ccc([SiH]c2ccccc2)cc1. The Morgan fingerprint density at radius 1 is 0.684 bits per heavy atom. The van der Waals surface area contributed by atoms with Crippen LogP contribution in [0.1, 0.15) is 52.7 Å². The average Bonchev–Trinajstić information content (AvgIpc) is 3.18. The third kappa shape index (κ3) is 16.5. The molecule has 38 heavy (non-hydrogen) atoms. The Balaban J connectivity index is 0. The van der Waals surface area contributed by atoms with Crippen molar-refractivity contribution in [3.8, 4) is 11.1 Å². The van der Waals surface area contributed by atoms with E-state index < -0.39 is 0 Å². The number of hydrogen-bond donors (Lipinski definition) is 0. The first-order chi connectivity index (χ1) is 16.6. The van der Waals surface area contributed by atoms with Gasteiger partial charge in [0.25, 0.3) is 0 Å². The van der Waals surface area contributed by atoms with Gasteiger partial charge in [0.05, 0.1) is 0 Å². The topological polar surface area (TPSA) is 23.8 Å². The van der Waals surface area contributed by atoms with Crippen LogP contribution in [0.2, 0.25) is 0 Å². The zero-order chi connectivity index (χ0) is 25.7. The monoisotopic (exact) mass is 639 g/mol. The van der Waals surface area contributed by atoms with E-state index in [9.17, 15) is 0 Å². The molecule has 2 radical (unpaired) electrons. The minimum Gasteiger partial charge on any atom is -0.673 e. The van der Waals surface area contributed by atoms with E-state index in [0.29, 0.717) is 0 Å². The number of hydrogen-bond acceptors (Lipinski definition) is 0. The predicted octanol–water partition coefficient (Wildman–Crippen LogP) is 8.43. The second-order valence-corrected chi connectivity index (χ2v) is 11.7. The maximum absolute atomic E-state index is 6.94. The molecule has 0 unspecified atom stereocenters. The summed E-state index contributed by atoms with van der Waals surface area (Å²) >= 11 is 0. The molecule has 1 aliphatic carbocycles. The van der Waals surface area contributed by atoms with Crippen LogP contribution in [0.15, 0.2) is 103 Å². The summed E-state index contributed by atoms with van der Waals surface area (Å²) in [5, 5.41) is 2.90. The molecule has 1 nitrogen and oxygen atoms in total. The van der Waals surface area contributed by atoms with Crippen molar-refractivity contribution in [1.29, 1.82) is 0 Å². The first-order valence-electron chi connectivity index (χ1n) is 12.2. The Morgan fingerprint density at radius 3 is 1.55 bits per heavy atom. The molecule has 4 aromatic rings. The van der Waals surface area contributed by atoms with E-state index >= 15 is 0 Å². The quantitative estimate of drug-likeness (QED) is 0.137. The number of rotatable bonds is 2. The van der Waals surface area contributed by atoms with E-state index in [1.165, 1.54) is 38.5 Å². The van der Waals surface area contributed by atoms with Gasteiger partial charge >= 0.3 is 26.2 Å². The molecule has 1 aliphatic rings. The van der Waals surface area contributed by atoms with Crippen LogP contribution < -0.4 is 10.4 Å². The third-order valence-electron chi connectivity index (χ3n) is 4.55. The van der Waals surface area contributed by atoms with Gasteiger partial charge in [0.1, 0.15) is 9.52 Å². The van der Waals surface area contributed by atoms with Gasteiger partial charge in [-0.2, -0.15) is 50.6 Å². The van der Waals surface area contributed by atoms with Gasteiger partial charge in [0.2, 0.25) is 0 Å². The molecule has 4 aromatic carbocycles. The minimum atomic E-state index is -0.250. The van der Waals surface area contributed by atoms with E-state index in [0.717, 1.165) is 6.42 Å². The van der Waals surface area contributed by atoms with Crippen LogP contribution in [0.4, 0.5) is 0 Å². The Kier molecular flexibility index (Phi) is 20.8. The van der Waals surface area contributed by atoms with Gasteiger partial charge in [0, 0.05) is 0 Å². The minimum absolute atomic E-state index is 0. The van der Waals surface area contributed by atoms with Crippen LogP contribution in [0.5, 0.6) is 0 Å². The van der Waals surface area contributed by atoms with E-state index in [1.807, 2.05) is 26.8 Å². The molecule has 0 aromatic heterocycles. The molecular formula is C33H41Cl2NSiZr. The molecule has 5 rings (SSSR count). The Labute approximate surface area is 265 Å². The summed E-state index contributed by atoms with van der Waals surface area (Å²) in [5.41, 5.74) is 12.2. The fourth-order valence-electron chi connectivity index (χ4n) is 3.29. The fraction of sp³-hybridized carbons (Fsp3) is 0.242. The fourth-order valence-corrected chi connectivity index (χ4v) is 4.50. The molecule has 1 N–H and O–H groups in total. The standard InChI is InChI=1S/C13H9.C12H11Si.C4H10N.C4H9.2ClH.Zr/c1-3-7-12-10(5-1)9-11-6-2-4-8-13(11)12;1-3-7-11(8-4-1)13-12-9-5-2-6-10-12;1-4(2,3)5;1-4(2)3;;;/h1-5,7-8H,9H2;1-10,13H;5H,1-3H3;1-3H3;2*1H;/q-1;;2*-1;;;+3. The number of benzene rings is 4. The van der Waals surface area contributed by atoms with Crippen LogP contribution in [0.25, 0.3) is 16.9 Å². The van der Waals surface area contributed by atoms with Crippen molar-refractivity contribution < 1.29 is 26.2 Å². The summed E-state index contributed by atoms with van der Waals surface area (Å²) in [7, 11) is 0.271. The predicted molar refractivity (Wildman–Crippen MR) is 172 cm³/mol. The van der Waals surface area contributed by atoms with Crippen LogP contribution in [0, 0.1) is 12.0 Å². The molecule has 0 bridgehead atoms. The van der Waals surface area contributed by atoms with Crippen LogP contribution >= 0.6 is 24.8 Å². The normalized spacial score (nSPS) is 10.1. The molecule has 0 saturated carbocycles. The van der Waals surface area contributed by atoms with Gasteiger partial charge in [-0.15, -0.1) is 35.9 Å². The van der Waals surface area contributed by atoms with E-state index in [2.05, 4.69) is 124 Å². The number of halogens is 2. The van der Waals surface area contributed by atoms with Crippen molar-refractivity contribution in [1.82, 2.24) is 0 Å². The summed E-state index contributed by atoms with van der Waals surface area (Å²) < 4.78 is 0. The van der Waals surface area contributed by atoms with Crippen LogP contribution in [-0.4, -0.2) is 15.1 Å². The molecule has 0 aliphatic heterocycles. The van der Waals surface area contributed by atoms with Gasteiger partial charge in [-0.1, -0.05) is 127 Å². The zero-order valence-corrected chi connectivity index (χ0v) is 28.7. The van der Waals surface area contributed by atoms with Gasteiger partial charge < -0.3 is 11.7 Å². The van der Waals surface area contributed by atoms with Gasteiger partial charge in [-0.25, -0.2) is 0 Å². The van der Waals surface area contributed by atoms with Gasteiger partial charge in [-0.05, 0) is 6.42 Å². The van der Waals surface area contributed by atoms with E-state index in [1.54, 1.807) is 0 Å². The number of fused-ring (bicyclic) bond motifs is 3. The summed E-state index contributed by atoms with van der Waals surface area (Å²) in [6, 6.07) is 39.4. The Bertz CT molecular complexity index is 1040. The Hall–Kier alpha value is -1.48. The number of nitrogens with one attached hydrogen (secondary N) is 1. The maximum atomic E-state index is 6.94.